The number of thiazole rings is 1. The van der Waals surface area contributed by atoms with Crippen molar-refractivity contribution in [3.63, 3.8) is 0 Å². The zero-order valence-electron chi connectivity index (χ0n) is 9.77. The summed E-state index contributed by atoms with van der Waals surface area (Å²) in [7, 11) is 3.97. The van der Waals surface area contributed by atoms with Crippen LogP contribution in [0.25, 0.3) is 0 Å². The number of nitrogens with one attached hydrogen (secondary N) is 1. The van der Waals surface area contributed by atoms with E-state index < -0.39 is 0 Å². The molecular formula is C12H14ClN3S. The van der Waals surface area contributed by atoms with Crippen LogP contribution in [-0.4, -0.2) is 19.1 Å². The van der Waals surface area contributed by atoms with E-state index in [0.717, 1.165) is 22.9 Å². The van der Waals surface area contributed by atoms with Crippen LogP contribution in [0.3, 0.4) is 0 Å². The average molecular weight is 268 g/mol. The summed E-state index contributed by atoms with van der Waals surface area (Å²) < 4.78 is 0. The molecular weight excluding hydrogens is 254 g/mol. The van der Waals surface area contributed by atoms with E-state index in [1.54, 1.807) is 11.3 Å². The third-order valence-corrected chi connectivity index (χ3v) is 3.46. The van der Waals surface area contributed by atoms with E-state index in [4.69, 9.17) is 11.6 Å². The maximum absolute atomic E-state index is 6.19. The number of nitrogens with zero attached hydrogens (tertiary/aromatic N) is 2. The van der Waals surface area contributed by atoms with Crippen LogP contribution in [-0.2, 0) is 6.54 Å². The van der Waals surface area contributed by atoms with Crippen molar-refractivity contribution in [3.05, 3.63) is 39.8 Å². The van der Waals surface area contributed by atoms with Gasteiger partial charge in [-0.05, 0) is 12.1 Å². The van der Waals surface area contributed by atoms with Crippen molar-refractivity contribution in [3.8, 4) is 0 Å². The molecule has 1 N–H and O–H groups in total. The Balaban J connectivity index is 2.18. The third kappa shape index (κ3) is 2.90. The fourth-order valence-electron chi connectivity index (χ4n) is 1.62. The van der Waals surface area contributed by atoms with Crippen LogP contribution in [0.15, 0.2) is 29.9 Å². The summed E-state index contributed by atoms with van der Waals surface area (Å²) in [4.78, 5) is 7.27. The number of halogens is 1. The lowest BCUT2D eigenvalue weighted by Gasteiger charge is -2.19. The summed E-state index contributed by atoms with van der Waals surface area (Å²) in [6.07, 6.45) is 1.87. The first-order valence-corrected chi connectivity index (χ1v) is 6.51. The first-order chi connectivity index (χ1) is 8.18. The Morgan fingerprint density at radius 2 is 2.24 bits per heavy atom. The van der Waals surface area contributed by atoms with Gasteiger partial charge in [0.25, 0.3) is 0 Å². The normalized spacial score (nSPS) is 10.3. The van der Waals surface area contributed by atoms with Crippen LogP contribution in [0.4, 0.5) is 11.4 Å². The van der Waals surface area contributed by atoms with Gasteiger partial charge in [-0.1, -0.05) is 17.7 Å². The summed E-state index contributed by atoms with van der Waals surface area (Å²) >= 11 is 7.83. The molecule has 1 aromatic heterocycles. The van der Waals surface area contributed by atoms with Crippen LogP contribution in [0.5, 0.6) is 0 Å². The van der Waals surface area contributed by atoms with Crippen molar-refractivity contribution in [1.82, 2.24) is 4.98 Å². The molecule has 0 spiro atoms. The van der Waals surface area contributed by atoms with E-state index in [-0.39, 0.29) is 0 Å². The second kappa shape index (κ2) is 5.38. The standard InChI is InChI=1S/C12H14ClN3S/c1-16(2)12-10(13)4-3-5-11(12)15-7-9-6-14-8-17-9/h3-6,8,15H,7H2,1-2H3. The molecule has 0 amide bonds. The Morgan fingerprint density at radius 3 is 2.88 bits per heavy atom. The molecule has 0 bridgehead atoms. The highest BCUT2D eigenvalue weighted by molar-refractivity contribution is 7.09. The Hall–Kier alpha value is -1.26. The van der Waals surface area contributed by atoms with E-state index in [1.807, 2.05) is 48.9 Å². The molecule has 90 valence electrons. The maximum Gasteiger partial charge on any atom is 0.0794 e. The highest BCUT2D eigenvalue weighted by Crippen LogP contribution is 2.32. The van der Waals surface area contributed by atoms with Crippen molar-refractivity contribution >= 4 is 34.3 Å². The number of rotatable bonds is 4. The largest absolute Gasteiger partial charge is 0.378 e. The van der Waals surface area contributed by atoms with Gasteiger partial charge >= 0.3 is 0 Å². The minimum atomic E-state index is 0.754. The lowest BCUT2D eigenvalue weighted by atomic mass is 10.2. The molecule has 3 nitrogen and oxygen atoms in total. The number of anilines is 2. The second-order valence-electron chi connectivity index (χ2n) is 3.85. The number of hydrogen-bond donors (Lipinski definition) is 1. The van der Waals surface area contributed by atoms with Gasteiger partial charge in [0.1, 0.15) is 0 Å². The van der Waals surface area contributed by atoms with Crippen molar-refractivity contribution in [2.24, 2.45) is 0 Å². The molecule has 0 saturated heterocycles. The topological polar surface area (TPSA) is 28.2 Å². The van der Waals surface area contributed by atoms with Crippen molar-refractivity contribution in [1.29, 1.82) is 0 Å². The fraction of sp³-hybridized carbons (Fsp3) is 0.250. The van der Waals surface area contributed by atoms with Gasteiger partial charge in [-0.3, -0.25) is 4.98 Å². The Kier molecular flexibility index (Phi) is 3.86. The SMILES string of the molecule is CN(C)c1c(Cl)cccc1NCc1cncs1. The molecule has 2 aromatic rings. The minimum absolute atomic E-state index is 0.754. The predicted octanol–water partition coefficient (Wildman–Crippen LogP) is 3.47. The molecule has 0 aliphatic carbocycles. The summed E-state index contributed by atoms with van der Waals surface area (Å²) in [5.41, 5.74) is 3.89. The Bertz CT molecular complexity index is 483. The third-order valence-electron chi connectivity index (χ3n) is 2.37. The van der Waals surface area contributed by atoms with Gasteiger partial charge in [-0.15, -0.1) is 11.3 Å². The van der Waals surface area contributed by atoms with Crippen LogP contribution >= 0.6 is 22.9 Å². The Labute approximate surface area is 110 Å². The quantitative estimate of drug-likeness (QED) is 0.919. The molecule has 0 aliphatic rings. The van der Waals surface area contributed by atoms with Gasteiger partial charge in [-0.25, -0.2) is 0 Å². The summed E-state index contributed by atoms with van der Waals surface area (Å²) in [6, 6.07) is 5.88. The zero-order chi connectivity index (χ0) is 12.3. The molecule has 0 unspecified atom stereocenters. The molecule has 0 saturated carbocycles. The predicted molar refractivity (Wildman–Crippen MR) is 75.2 cm³/mol. The molecule has 2 rings (SSSR count). The smallest absolute Gasteiger partial charge is 0.0794 e. The van der Waals surface area contributed by atoms with Crippen molar-refractivity contribution in [2.45, 2.75) is 6.54 Å². The molecule has 0 aliphatic heterocycles. The summed E-state index contributed by atoms with van der Waals surface area (Å²) in [6.45, 7) is 0.770. The number of aromatic nitrogens is 1. The lowest BCUT2D eigenvalue weighted by molar-refractivity contribution is 1.11. The van der Waals surface area contributed by atoms with Gasteiger partial charge in [0.2, 0.25) is 0 Å². The van der Waals surface area contributed by atoms with Crippen LogP contribution in [0, 0.1) is 0 Å². The molecule has 1 aromatic carbocycles. The van der Waals surface area contributed by atoms with Gasteiger partial charge in [0, 0.05) is 25.2 Å². The van der Waals surface area contributed by atoms with E-state index in [2.05, 4.69) is 10.3 Å². The van der Waals surface area contributed by atoms with E-state index >= 15 is 0 Å². The second-order valence-corrected chi connectivity index (χ2v) is 5.23. The highest BCUT2D eigenvalue weighted by atomic mass is 35.5. The molecule has 0 atom stereocenters. The summed E-state index contributed by atoms with van der Waals surface area (Å²) in [5, 5.41) is 4.14. The van der Waals surface area contributed by atoms with E-state index in [9.17, 15) is 0 Å². The molecule has 5 heteroatoms. The van der Waals surface area contributed by atoms with Gasteiger partial charge in [0.05, 0.1) is 28.5 Å². The molecule has 1 heterocycles. The highest BCUT2D eigenvalue weighted by Gasteiger charge is 2.08. The first kappa shape index (κ1) is 12.2. The first-order valence-electron chi connectivity index (χ1n) is 5.25. The number of benzene rings is 1. The fourth-order valence-corrected chi connectivity index (χ4v) is 2.50. The number of hydrogen-bond acceptors (Lipinski definition) is 4. The van der Waals surface area contributed by atoms with Gasteiger partial charge in [-0.2, -0.15) is 0 Å². The number of para-hydroxylation sites is 1. The lowest BCUT2D eigenvalue weighted by Crippen LogP contribution is -2.12. The molecule has 17 heavy (non-hydrogen) atoms. The van der Waals surface area contributed by atoms with Crippen LogP contribution in [0.2, 0.25) is 5.02 Å². The average Bonchev–Trinajstić information content (AvgIpc) is 2.78. The molecule has 0 fully saturated rings. The van der Waals surface area contributed by atoms with Gasteiger partial charge < -0.3 is 10.2 Å². The van der Waals surface area contributed by atoms with Crippen molar-refractivity contribution < 1.29 is 0 Å². The van der Waals surface area contributed by atoms with Crippen molar-refractivity contribution in [2.75, 3.05) is 24.3 Å². The Morgan fingerprint density at radius 1 is 1.41 bits per heavy atom. The van der Waals surface area contributed by atoms with Crippen LogP contribution < -0.4 is 10.2 Å². The minimum Gasteiger partial charge on any atom is -0.378 e. The molecule has 0 radical (unpaired) electrons. The summed E-state index contributed by atoms with van der Waals surface area (Å²) in [5.74, 6) is 0. The van der Waals surface area contributed by atoms with Crippen LogP contribution in [0.1, 0.15) is 4.88 Å². The van der Waals surface area contributed by atoms with E-state index in [1.165, 1.54) is 4.88 Å². The monoisotopic (exact) mass is 267 g/mol. The maximum atomic E-state index is 6.19. The zero-order valence-corrected chi connectivity index (χ0v) is 11.3. The van der Waals surface area contributed by atoms with Gasteiger partial charge in [0.15, 0.2) is 0 Å². The van der Waals surface area contributed by atoms with E-state index in [0.29, 0.717) is 0 Å².